The summed E-state index contributed by atoms with van der Waals surface area (Å²) in [5.74, 6) is -3.55. The number of nitrogens with zero attached hydrogens (tertiary/aromatic N) is 4. The molecule has 4 heterocycles. The van der Waals surface area contributed by atoms with Crippen LogP contribution in [0.2, 0.25) is 0 Å². The number of nitrogens with one attached hydrogen (secondary N) is 1. The van der Waals surface area contributed by atoms with Gasteiger partial charge < -0.3 is 30.0 Å². The summed E-state index contributed by atoms with van der Waals surface area (Å²) < 4.78 is 45.3. The second-order valence-electron chi connectivity index (χ2n) is 15.8. The summed E-state index contributed by atoms with van der Waals surface area (Å²) in [5, 5.41) is 12.6. The summed E-state index contributed by atoms with van der Waals surface area (Å²) in [4.78, 5) is 32.4. The van der Waals surface area contributed by atoms with Crippen LogP contribution in [0.3, 0.4) is 0 Å². The van der Waals surface area contributed by atoms with Crippen molar-refractivity contribution in [1.82, 2.24) is 20.0 Å². The Morgan fingerprint density at radius 3 is 2.25 bits per heavy atom. The molecule has 1 unspecified atom stereocenters. The van der Waals surface area contributed by atoms with Gasteiger partial charge in [0.25, 0.3) is 5.92 Å². The Hall–Kier alpha value is -3.57. The number of likely N-dealkylation sites (tertiary alicyclic amines) is 3. The minimum Gasteiger partial charge on any atom is -0.465 e. The molecule has 0 bridgehead atoms. The Balaban J connectivity index is 0.991. The van der Waals surface area contributed by atoms with Gasteiger partial charge in [0.15, 0.2) is 0 Å². The van der Waals surface area contributed by atoms with Gasteiger partial charge in [0.2, 0.25) is 5.91 Å². The number of anilines is 1. The average molecular weight is 708 g/mol. The monoisotopic (exact) mass is 707 g/mol. The number of hydrogen-bond donors (Lipinski definition) is 2. The van der Waals surface area contributed by atoms with E-state index in [1.807, 2.05) is 18.2 Å². The van der Waals surface area contributed by atoms with Crippen LogP contribution in [0.25, 0.3) is 0 Å². The molecule has 4 saturated heterocycles. The van der Waals surface area contributed by atoms with Gasteiger partial charge in [-0.05, 0) is 118 Å². The molecular weight excluding hydrogens is 655 g/mol. The quantitative estimate of drug-likeness (QED) is 0.257. The van der Waals surface area contributed by atoms with Crippen molar-refractivity contribution in [3.63, 3.8) is 0 Å². The molecule has 8 nitrogen and oxygen atoms in total. The molecule has 5 aliphatic rings. The van der Waals surface area contributed by atoms with Gasteiger partial charge in [-0.25, -0.2) is 18.0 Å². The highest BCUT2D eigenvalue weighted by atomic mass is 19.3. The molecule has 2 aromatic carbocycles. The van der Waals surface area contributed by atoms with E-state index in [0.717, 1.165) is 109 Å². The zero-order valence-electron chi connectivity index (χ0n) is 29.5. The van der Waals surface area contributed by atoms with Gasteiger partial charge in [0.1, 0.15) is 5.82 Å². The van der Waals surface area contributed by atoms with Crippen LogP contribution >= 0.6 is 0 Å². The van der Waals surface area contributed by atoms with Gasteiger partial charge in [0.05, 0.1) is 5.92 Å². The van der Waals surface area contributed by atoms with Crippen LogP contribution in [0.5, 0.6) is 0 Å². The highest BCUT2D eigenvalue weighted by Gasteiger charge is 2.53. The minimum absolute atomic E-state index is 0.00772. The van der Waals surface area contributed by atoms with Crippen LogP contribution in [-0.2, 0) is 16.1 Å². The van der Waals surface area contributed by atoms with Crippen molar-refractivity contribution in [1.29, 1.82) is 0 Å². The summed E-state index contributed by atoms with van der Waals surface area (Å²) in [7, 11) is 0. The number of benzene rings is 2. The molecule has 2 aromatic rings. The number of alkyl halides is 2. The van der Waals surface area contributed by atoms with Gasteiger partial charge in [-0.15, -0.1) is 0 Å². The summed E-state index contributed by atoms with van der Waals surface area (Å²) in [6.07, 6.45) is 7.05. The summed E-state index contributed by atoms with van der Waals surface area (Å²) in [5.41, 5.74) is 1.63. The lowest BCUT2D eigenvalue weighted by atomic mass is 9.57. The third-order valence-electron chi connectivity index (χ3n) is 12.9. The second-order valence-corrected chi connectivity index (χ2v) is 15.8. The van der Waals surface area contributed by atoms with Crippen LogP contribution in [0.15, 0.2) is 61.2 Å². The first-order valence-corrected chi connectivity index (χ1v) is 18.9. The second kappa shape index (κ2) is 14.8. The van der Waals surface area contributed by atoms with Crippen LogP contribution < -0.4 is 10.2 Å². The zero-order chi connectivity index (χ0) is 35.8. The standard InChI is InChI=1S/C40H52F3N5O3/c1-2-37(49)48-25-32(26-48)40(42,43)30-10-12-34(13-11-30)47-21-14-28(24-47)23-45-19-15-29(16-20-45)39(27-46-17-5-18-46,31-6-3-7-33(41)22-31)35-8-4-9-36(35)44-38(50)51/h2-3,6-7,10-13,22,28-29,32,35-36,44H,1,4-5,8-9,14-21,23-27H2,(H,50,51)/t28-,35-,36-,39?/m0/s1. The number of piperidine rings is 1. The lowest BCUT2D eigenvalue weighted by Gasteiger charge is -2.53. The Labute approximate surface area is 299 Å². The first-order valence-electron chi connectivity index (χ1n) is 18.9. The molecule has 4 aliphatic heterocycles. The largest absolute Gasteiger partial charge is 0.465 e. The van der Waals surface area contributed by atoms with E-state index in [4.69, 9.17) is 0 Å². The van der Waals surface area contributed by atoms with E-state index in [2.05, 4.69) is 32.7 Å². The smallest absolute Gasteiger partial charge is 0.404 e. The lowest BCUT2D eigenvalue weighted by molar-refractivity contribution is -0.151. The maximum atomic E-state index is 15.2. The average Bonchev–Trinajstić information content (AvgIpc) is 3.74. The molecular formula is C40H52F3N5O3. The third kappa shape index (κ3) is 7.25. The van der Waals surface area contributed by atoms with E-state index in [1.165, 1.54) is 29.2 Å². The molecule has 0 aromatic heterocycles. The molecule has 5 fully saturated rings. The molecule has 4 atom stereocenters. The van der Waals surface area contributed by atoms with Crippen LogP contribution in [-0.4, -0.2) is 103 Å². The molecule has 1 saturated carbocycles. The molecule has 276 valence electrons. The molecule has 2 amide bonds. The fourth-order valence-corrected chi connectivity index (χ4v) is 10.0. The normalized spacial score (nSPS) is 26.4. The van der Waals surface area contributed by atoms with Crippen molar-refractivity contribution in [3.8, 4) is 0 Å². The fourth-order valence-electron chi connectivity index (χ4n) is 10.0. The van der Waals surface area contributed by atoms with Gasteiger partial charge in [-0.3, -0.25) is 4.79 Å². The minimum atomic E-state index is -3.00. The highest BCUT2D eigenvalue weighted by molar-refractivity contribution is 5.87. The number of carbonyl (C=O) groups excluding carboxylic acids is 1. The number of rotatable bonds is 12. The van der Waals surface area contributed by atoms with Crippen LogP contribution in [0.4, 0.5) is 23.7 Å². The van der Waals surface area contributed by atoms with Gasteiger partial charge in [-0.2, -0.15) is 0 Å². The number of hydrogen-bond acceptors (Lipinski definition) is 5. The lowest BCUT2D eigenvalue weighted by Crippen LogP contribution is -2.59. The van der Waals surface area contributed by atoms with Crippen LogP contribution in [0, 0.1) is 29.5 Å². The van der Waals surface area contributed by atoms with Crippen LogP contribution in [0.1, 0.15) is 56.1 Å². The predicted octanol–water partition coefficient (Wildman–Crippen LogP) is 6.18. The number of amides is 2. The molecule has 1 aliphatic carbocycles. The van der Waals surface area contributed by atoms with Crippen molar-refractivity contribution in [3.05, 3.63) is 78.1 Å². The molecule has 0 spiro atoms. The van der Waals surface area contributed by atoms with E-state index in [9.17, 15) is 19.1 Å². The van der Waals surface area contributed by atoms with Crippen molar-refractivity contribution in [2.75, 3.05) is 70.3 Å². The first-order chi connectivity index (χ1) is 24.6. The summed E-state index contributed by atoms with van der Waals surface area (Å²) >= 11 is 0. The molecule has 7 rings (SSSR count). The maximum absolute atomic E-state index is 15.2. The SMILES string of the molecule is C=CC(=O)N1CC(C(F)(F)c2ccc(N3CC[C@@H](CN4CCC(C(CN5CCC5)(c5cccc(F)c5)[C@H]5CCC[C@@H]5NC(=O)O)CC4)C3)cc2)C1. The van der Waals surface area contributed by atoms with Gasteiger partial charge in [0, 0.05) is 62.0 Å². The number of halogens is 3. The first kappa shape index (κ1) is 35.8. The Kier molecular flexibility index (Phi) is 10.4. The van der Waals surface area contributed by atoms with Crippen molar-refractivity contribution >= 4 is 17.7 Å². The Morgan fingerprint density at radius 2 is 1.61 bits per heavy atom. The van der Waals surface area contributed by atoms with E-state index in [0.29, 0.717) is 11.8 Å². The highest BCUT2D eigenvalue weighted by Crippen LogP contribution is 2.51. The van der Waals surface area contributed by atoms with Gasteiger partial charge >= 0.3 is 6.09 Å². The summed E-state index contributed by atoms with van der Waals surface area (Å²) in [6.45, 7) is 11.0. The van der Waals surface area contributed by atoms with E-state index in [-0.39, 0.29) is 47.8 Å². The van der Waals surface area contributed by atoms with Crippen molar-refractivity contribution < 1.29 is 27.9 Å². The van der Waals surface area contributed by atoms with E-state index < -0.39 is 17.9 Å². The molecule has 51 heavy (non-hydrogen) atoms. The number of carbonyl (C=O) groups is 2. The fraction of sp³-hybridized carbons (Fsp3) is 0.600. The Morgan fingerprint density at radius 1 is 0.863 bits per heavy atom. The molecule has 0 radical (unpaired) electrons. The van der Waals surface area contributed by atoms with E-state index in [1.54, 1.807) is 6.07 Å². The number of carboxylic acid groups (broad SMARTS) is 1. The molecule has 11 heteroatoms. The topological polar surface area (TPSA) is 79.4 Å². The van der Waals surface area contributed by atoms with E-state index >= 15 is 8.78 Å². The van der Waals surface area contributed by atoms with Crippen molar-refractivity contribution in [2.45, 2.75) is 62.3 Å². The molecule has 2 N–H and O–H groups in total. The third-order valence-corrected chi connectivity index (χ3v) is 12.9. The predicted molar refractivity (Wildman–Crippen MR) is 192 cm³/mol. The Bertz CT molecular complexity index is 1560. The summed E-state index contributed by atoms with van der Waals surface area (Å²) in [6, 6.07) is 13.7. The van der Waals surface area contributed by atoms with Gasteiger partial charge in [-0.1, -0.05) is 37.3 Å². The maximum Gasteiger partial charge on any atom is 0.404 e. The van der Waals surface area contributed by atoms with Crippen molar-refractivity contribution in [2.24, 2.45) is 23.7 Å². The zero-order valence-corrected chi connectivity index (χ0v) is 29.5.